The summed E-state index contributed by atoms with van der Waals surface area (Å²) in [6, 6.07) is 19.5. The quantitative estimate of drug-likeness (QED) is 0.639. The van der Waals surface area contributed by atoms with E-state index in [-0.39, 0.29) is 18.5 Å². The first-order chi connectivity index (χ1) is 13.5. The number of carbonyl (C=O) groups is 2. The smallest absolute Gasteiger partial charge is 0.323 e. The van der Waals surface area contributed by atoms with Crippen molar-refractivity contribution in [2.24, 2.45) is 0 Å². The summed E-state index contributed by atoms with van der Waals surface area (Å²) in [5.41, 5.74) is 2.02. The molecule has 1 aliphatic heterocycles. The van der Waals surface area contributed by atoms with Crippen LogP contribution in [-0.2, 0) is 17.8 Å². The van der Waals surface area contributed by atoms with E-state index in [2.05, 4.69) is 10.3 Å². The standard InChI is InChI=1S/C22H21N3O2S/c1-22(13-12-16-8-4-2-5-9-16)20(26)25(21(27)24-22)14-18-15-28-19(23-18)17-10-6-3-7-11-17/h2-11,15H,12-14H2,1H3,(H,24,27). The van der Waals surface area contributed by atoms with Gasteiger partial charge in [-0.3, -0.25) is 9.69 Å². The van der Waals surface area contributed by atoms with Gasteiger partial charge in [-0.05, 0) is 25.3 Å². The molecular weight excluding hydrogens is 370 g/mol. The maximum absolute atomic E-state index is 13.0. The number of aromatic nitrogens is 1. The second kappa shape index (κ2) is 7.56. The first-order valence-electron chi connectivity index (χ1n) is 9.23. The van der Waals surface area contributed by atoms with Crippen LogP contribution in [0.3, 0.4) is 0 Å². The molecule has 1 atom stereocenters. The molecule has 0 radical (unpaired) electrons. The highest BCUT2D eigenvalue weighted by atomic mass is 32.1. The summed E-state index contributed by atoms with van der Waals surface area (Å²) >= 11 is 1.52. The molecule has 1 aliphatic rings. The number of imide groups is 1. The van der Waals surface area contributed by atoms with Crippen LogP contribution in [0.5, 0.6) is 0 Å². The van der Waals surface area contributed by atoms with Gasteiger partial charge in [-0.25, -0.2) is 9.78 Å². The topological polar surface area (TPSA) is 62.3 Å². The van der Waals surface area contributed by atoms with Crippen molar-refractivity contribution in [1.82, 2.24) is 15.2 Å². The van der Waals surface area contributed by atoms with Gasteiger partial charge in [0.2, 0.25) is 0 Å². The highest BCUT2D eigenvalue weighted by Gasteiger charge is 2.47. The Bertz CT molecular complexity index is 987. The number of aryl methyl sites for hydroxylation is 1. The van der Waals surface area contributed by atoms with Gasteiger partial charge in [0, 0.05) is 10.9 Å². The minimum Gasteiger partial charge on any atom is -0.323 e. The van der Waals surface area contributed by atoms with E-state index >= 15 is 0 Å². The highest BCUT2D eigenvalue weighted by Crippen LogP contribution is 2.27. The minimum absolute atomic E-state index is 0.189. The lowest BCUT2D eigenvalue weighted by molar-refractivity contribution is -0.131. The Balaban J connectivity index is 1.45. The third-order valence-electron chi connectivity index (χ3n) is 4.99. The first-order valence-corrected chi connectivity index (χ1v) is 10.1. The van der Waals surface area contributed by atoms with Crippen molar-refractivity contribution in [3.05, 3.63) is 77.3 Å². The Morgan fingerprint density at radius 2 is 1.71 bits per heavy atom. The average Bonchev–Trinajstić information content (AvgIpc) is 3.27. The van der Waals surface area contributed by atoms with E-state index < -0.39 is 5.54 Å². The SMILES string of the molecule is CC1(CCc2ccccc2)NC(=O)N(Cc2csc(-c3ccccc3)n2)C1=O. The molecule has 28 heavy (non-hydrogen) atoms. The summed E-state index contributed by atoms with van der Waals surface area (Å²) in [6.07, 6.45) is 1.29. The monoisotopic (exact) mass is 391 g/mol. The summed E-state index contributed by atoms with van der Waals surface area (Å²) in [6.45, 7) is 1.99. The lowest BCUT2D eigenvalue weighted by Crippen LogP contribution is -2.44. The Labute approximate surface area is 168 Å². The molecule has 0 aliphatic carbocycles. The maximum atomic E-state index is 13.0. The third kappa shape index (κ3) is 3.68. The van der Waals surface area contributed by atoms with Crippen LogP contribution in [0.25, 0.3) is 10.6 Å². The van der Waals surface area contributed by atoms with Crippen LogP contribution in [0, 0.1) is 0 Å². The zero-order valence-electron chi connectivity index (χ0n) is 15.6. The number of nitrogens with zero attached hydrogens (tertiary/aromatic N) is 2. The van der Waals surface area contributed by atoms with E-state index in [1.54, 1.807) is 6.92 Å². The molecule has 0 saturated carbocycles. The van der Waals surface area contributed by atoms with Crippen LogP contribution in [0.4, 0.5) is 4.79 Å². The van der Waals surface area contributed by atoms with E-state index in [1.165, 1.54) is 16.2 Å². The normalized spacial score (nSPS) is 19.1. The zero-order chi connectivity index (χ0) is 19.6. The molecule has 1 fully saturated rings. The van der Waals surface area contributed by atoms with Crippen molar-refractivity contribution in [1.29, 1.82) is 0 Å². The van der Waals surface area contributed by atoms with Crippen molar-refractivity contribution in [2.45, 2.75) is 31.8 Å². The van der Waals surface area contributed by atoms with Crippen LogP contribution >= 0.6 is 11.3 Å². The Hall–Kier alpha value is -2.99. The lowest BCUT2D eigenvalue weighted by atomic mass is 9.93. The fourth-order valence-electron chi connectivity index (χ4n) is 3.35. The summed E-state index contributed by atoms with van der Waals surface area (Å²) in [5.74, 6) is -0.192. The van der Waals surface area contributed by atoms with Crippen molar-refractivity contribution >= 4 is 23.3 Å². The van der Waals surface area contributed by atoms with Crippen LogP contribution in [0.1, 0.15) is 24.6 Å². The summed E-state index contributed by atoms with van der Waals surface area (Å²) < 4.78 is 0. The summed E-state index contributed by atoms with van der Waals surface area (Å²) in [5, 5.41) is 5.66. The number of amides is 3. The Kier molecular flexibility index (Phi) is 4.96. The molecule has 6 heteroatoms. The average molecular weight is 391 g/mol. The lowest BCUT2D eigenvalue weighted by Gasteiger charge is -2.21. The number of rotatable bonds is 6. The molecule has 3 amide bonds. The molecule has 4 rings (SSSR count). The Morgan fingerprint density at radius 3 is 2.43 bits per heavy atom. The number of hydrogen-bond acceptors (Lipinski definition) is 4. The van der Waals surface area contributed by atoms with E-state index in [0.717, 1.165) is 28.2 Å². The molecule has 2 aromatic carbocycles. The second-order valence-electron chi connectivity index (χ2n) is 7.15. The van der Waals surface area contributed by atoms with Gasteiger partial charge >= 0.3 is 6.03 Å². The largest absolute Gasteiger partial charge is 0.325 e. The second-order valence-corrected chi connectivity index (χ2v) is 8.01. The number of carbonyl (C=O) groups excluding carboxylic acids is 2. The number of benzene rings is 2. The van der Waals surface area contributed by atoms with Crippen LogP contribution < -0.4 is 5.32 Å². The maximum Gasteiger partial charge on any atom is 0.325 e. The summed E-state index contributed by atoms with van der Waals surface area (Å²) in [4.78, 5) is 31.3. The predicted molar refractivity (Wildman–Crippen MR) is 110 cm³/mol. The van der Waals surface area contributed by atoms with E-state index in [0.29, 0.717) is 6.42 Å². The van der Waals surface area contributed by atoms with Crippen molar-refractivity contribution < 1.29 is 9.59 Å². The number of hydrogen-bond donors (Lipinski definition) is 1. The van der Waals surface area contributed by atoms with E-state index in [1.807, 2.05) is 66.0 Å². The van der Waals surface area contributed by atoms with Gasteiger partial charge in [0.15, 0.2) is 0 Å². The molecule has 2 heterocycles. The molecule has 3 aromatic rings. The van der Waals surface area contributed by atoms with Gasteiger partial charge in [-0.2, -0.15) is 0 Å². The Morgan fingerprint density at radius 1 is 1.04 bits per heavy atom. The number of nitrogens with one attached hydrogen (secondary N) is 1. The van der Waals surface area contributed by atoms with Crippen LogP contribution in [0.2, 0.25) is 0 Å². The van der Waals surface area contributed by atoms with Gasteiger partial charge in [-0.15, -0.1) is 11.3 Å². The molecule has 1 unspecified atom stereocenters. The van der Waals surface area contributed by atoms with Gasteiger partial charge < -0.3 is 5.32 Å². The predicted octanol–water partition coefficient (Wildman–Crippen LogP) is 4.25. The van der Waals surface area contributed by atoms with Crippen LogP contribution in [0.15, 0.2) is 66.0 Å². The molecule has 5 nitrogen and oxygen atoms in total. The fraction of sp³-hybridized carbons (Fsp3) is 0.227. The first kappa shape index (κ1) is 18.4. The zero-order valence-corrected chi connectivity index (χ0v) is 16.4. The molecular formula is C22H21N3O2S. The molecule has 0 spiro atoms. The van der Waals surface area contributed by atoms with Gasteiger partial charge in [0.25, 0.3) is 5.91 Å². The third-order valence-corrected chi connectivity index (χ3v) is 5.93. The summed E-state index contributed by atoms with van der Waals surface area (Å²) in [7, 11) is 0. The van der Waals surface area contributed by atoms with Crippen molar-refractivity contribution in [3.63, 3.8) is 0 Å². The molecule has 142 valence electrons. The van der Waals surface area contributed by atoms with Crippen molar-refractivity contribution in [2.75, 3.05) is 0 Å². The van der Waals surface area contributed by atoms with E-state index in [4.69, 9.17) is 0 Å². The van der Waals surface area contributed by atoms with Gasteiger partial charge in [0.1, 0.15) is 10.5 Å². The van der Waals surface area contributed by atoms with Gasteiger partial charge in [-0.1, -0.05) is 60.7 Å². The minimum atomic E-state index is -0.884. The van der Waals surface area contributed by atoms with Gasteiger partial charge in [0.05, 0.1) is 12.2 Å². The number of thiazole rings is 1. The van der Waals surface area contributed by atoms with Crippen molar-refractivity contribution in [3.8, 4) is 10.6 Å². The molecule has 1 aromatic heterocycles. The molecule has 1 N–H and O–H groups in total. The molecule has 1 saturated heterocycles. The van der Waals surface area contributed by atoms with Crippen LogP contribution in [-0.4, -0.2) is 27.4 Å². The fourth-order valence-corrected chi connectivity index (χ4v) is 4.17. The number of urea groups is 1. The molecule has 0 bridgehead atoms. The van der Waals surface area contributed by atoms with E-state index in [9.17, 15) is 9.59 Å². The highest BCUT2D eigenvalue weighted by molar-refractivity contribution is 7.13.